The molecule has 1 amide bonds. The molecule has 0 fully saturated rings. The van der Waals surface area contributed by atoms with E-state index >= 15 is 0 Å². The highest BCUT2D eigenvalue weighted by molar-refractivity contribution is 7.22. The lowest BCUT2D eigenvalue weighted by Gasteiger charge is -2.30. The van der Waals surface area contributed by atoms with Crippen LogP contribution < -0.4 is 14.4 Å². The molecule has 1 aliphatic rings. The molecule has 30 heavy (non-hydrogen) atoms. The molecule has 10 heteroatoms. The zero-order valence-corrected chi connectivity index (χ0v) is 17.9. The van der Waals surface area contributed by atoms with Crippen molar-refractivity contribution in [2.75, 3.05) is 38.7 Å². The lowest BCUT2D eigenvalue weighted by atomic mass is 10.2. The second-order valence-corrected chi connectivity index (χ2v) is 7.90. The Kier molecular flexibility index (Phi) is 6.74. The number of amides is 1. The highest BCUT2D eigenvalue weighted by atomic mass is 35.5. The van der Waals surface area contributed by atoms with E-state index in [0.717, 1.165) is 17.4 Å². The number of carbonyl (C=O) groups is 1. The van der Waals surface area contributed by atoms with Crippen molar-refractivity contribution in [2.24, 2.45) is 0 Å². The minimum absolute atomic E-state index is 0. The minimum atomic E-state index is -0.861. The quantitative estimate of drug-likeness (QED) is 0.586. The van der Waals surface area contributed by atoms with Crippen molar-refractivity contribution in [2.45, 2.75) is 6.10 Å². The number of ether oxygens (including phenoxy) is 2. The molecule has 0 bridgehead atoms. The Morgan fingerprint density at radius 1 is 1.20 bits per heavy atom. The van der Waals surface area contributed by atoms with Crippen molar-refractivity contribution < 1.29 is 23.0 Å². The van der Waals surface area contributed by atoms with E-state index < -0.39 is 17.7 Å². The number of aromatic nitrogens is 1. The van der Waals surface area contributed by atoms with Crippen LogP contribution in [0.5, 0.6) is 11.5 Å². The Balaban J connectivity index is 0.00000256. The van der Waals surface area contributed by atoms with E-state index in [1.54, 1.807) is 18.2 Å². The molecule has 2 heterocycles. The molecule has 3 aromatic rings. The van der Waals surface area contributed by atoms with E-state index in [0.29, 0.717) is 34.4 Å². The molecule has 1 aliphatic heterocycles. The van der Waals surface area contributed by atoms with Gasteiger partial charge in [-0.05, 0) is 32.3 Å². The van der Waals surface area contributed by atoms with Crippen molar-refractivity contribution in [1.29, 1.82) is 0 Å². The Hall–Kier alpha value is -2.49. The van der Waals surface area contributed by atoms with Crippen molar-refractivity contribution in [3.63, 3.8) is 0 Å². The third-order valence-corrected chi connectivity index (χ3v) is 5.48. The highest BCUT2D eigenvalue weighted by Gasteiger charge is 2.33. The number of hydrogen-bond acceptors (Lipinski definition) is 6. The second kappa shape index (κ2) is 9.11. The fourth-order valence-electron chi connectivity index (χ4n) is 2.98. The van der Waals surface area contributed by atoms with Gasteiger partial charge in [-0.15, -0.1) is 12.4 Å². The van der Waals surface area contributed by atoms with Crippen LogP contribution in [-0.4, -0.2) is 55.7 Å². The van der Waals surface area contributed by atoms with Gasteiger partial charge in [-0.25, -0.2) is 13.8 Å². The molecule has 1 aromatic heterocycles. The third-order valence-electron chi connectivity index (χ3n) is 4.45. The second-order valence-electron chi connectivity index (χ2n) is 6.89. The summed E-state index contributed by atoms with van der Waals surface area (Å²) in [5.74, 6) is -0.719. The highest BCUT2D eigenvalue weighted by Crippen LogP contribution is 2.34. The first-order valence-electron chi connectivity index (χ1n) is 9.02. The fourth-order valence-corrected chi connectivity index (χ4v) is 4.01. The van der Waals surface area contributed by atoms with E-state index in [2.05, 4.69) is 4.98 Å². The molecule has 0 aliphatic carbocycles. The molecular weight excluding hydrogens is 436 g/mol. The molecule has 160 valence electrons. The SMILES string of the molecule is CN(C)CCN(C(=O)C1COc2ccccc2O1)c1nc2c(F)cc(F)cc2s1.Cl. The van der Waals surface area contributed by atoms with Crippen LogP contribution in [0.25, 0.3) is 10.2 Å². The van der Waals surface area contributed by atoms with Gasteiger partial charge in [0, 0.05) is 19.2 Å². The largest absolute Gasteiger partial charge is 0.485 e. The van der Waals surface area contributed by atoms with Gasteiger partial charge in [0.2, 0.25) is 6.10 Å². The van der Waals surface area contributed by atoms with E-state index in [4.69, 9.17) is 9.47 Å². The number of benzene rings is 2. The predicted octanol–water partition coefficient (Wildman–Crippen LogP) is 3.73. The van der Waals surface area contributed by atoms with Crippen LogP contribution in [0, 0.1) is 11.6 Å². The van der Waals surface area contributed by atoms with E-state index in [1.807, 2.05) is 25.1 Å². The molecule has 2 aromatic carbocycles. The van der Waals surface area contributed by atoms with Crippen LogP contribution in [0.3, 0.4) is 0 Å². The Labute approximate surface area is 182 Å². The van der Waals surface area contributed by atoms with Gasteiger partial charge in [-0.2, -0.15) is 0 Å². The molecule has 0 saturated carbocycles. The zero-order chi connectivity index (χ0) is 20.5. The number of hydrogen-bond donors (Lipinski definition) is 0. The van der Waals surface area contributed by atoms with Crippen LogP contribution in [0.15, 0.2) is 36.4 Å². The first kappa shape index (κ1) is 22.2. The number of para-hydroxylation sites is 2. The number of nitrogens with zero attached hydrogens (tertiary/aromatic N) is 3. The number of fused-ring (bicyclic) bond motifs is 2. The number of likely N-dealkylation sites (N-methyl/N-ethyl adjacent to an activating group) is 1. The number of anilines is 1. The summed E-state index contributed by atoms with van der Waals surface area (Å²) in [5, 5.41) is 0.291. The predicted molar refractivity (Wildman–Crippen MR) is 114 cm³/mol. The van der Waals surface area contributed by atoms with Gasteiger partial charge in [-0.1, -0.05) is 23.5 Å². The topological polar surface area (TPSA) is 54.9 Å². The van der Waals surface area contributed by atoms with Crippen molar-refractivity contribution >= 4 is 45.0 Å². The van der Waals surface area contributed by atoms with Crippen LogP contribution in [0.2, 0.25) is 0 Å². The lowest BCUT2D eigenvalue weighted by Crippen LogP contribution is -2.48. The summed E-state index contributed by atoms with van der Waals surface area (Å²) in [6, 6.07) is 9.11. The van der Waals surface area contributed by atoms with Gasteiger partial charge in [0.25, 0.3) is 5.91 Å². The van der Waals surface area contributed by atoms with Gasteiger partial charge >= 0.3 is 0 Å². The number of thiazole rings is 1. The van der Waals surface area contributed by atoms with Crippen molar-refractivity contribution in [3.05, 3.63) is 48.0 Å². The zero-order valence-electron chi connectivity index (χ0n) is 16.3. The lowest BCUT2D eigenvalue weighted by molar-refractivity contribution is -0.127. The fraction of sp³-hybridized carbons (Fsp3) is 0.300. The van der Waals surface area contributed by atoms with Crippen LogP contribution in [0.1, 0.15) is 0 Å². The number of halogens is 3. The summed E-state index contributed by atoms with van der Waals surface area (Å²) in [6.45, 7) is 0.933. The van der Waals surface area contributed by atoms with Crippen LogP contribution in [0.4, 0.5) is 13.9 Å². The molecular formula is C20H20ClF2N3O3S. The van der Waals surface area contributed by atoms with Gasteiger partial charge in [-0.3, -0.25) is 9.69 Å². The molecule has 6 nitrogen and oxygen atoms in total. The summed E-state index contributed by atoms with van der Waals surface area (Å²) in [4.78, 5) is 20.9. The van der Waals surface area contributed by atoms with Crippen LogP contribution in [-0.2, 0) is 4.79 Å². The van der Waals surface area contributed by atoms with Crippen LogP contribution >= 0.6 is 23.7 Å². The summed E-state index contributed by atoms with van der Waals surface area (Å²) in [5.41, 5.74) is 0.0419. The number of carbonyl (C=O) groups excluding carboxylic acids is 1. The Morgan fingerprint density at radius 3 is 2.67 bits per heavy atom. The Bertz CT molecular complexity index is 1060. The van der Waals surface area contributed by atoms with E-state index in [-0.39, 0.29) is 30.4 Å². The summed E-state index contributed by atoms with van der Waals surface area (Å²) < 4.78 is 39.5. The smallest absolute Gasteiger partial charge is 0.273 e. The average Bonchev–Trinajstić information content (AvgIpc) is 3.11. The monoisotopic (exact) mass is 455 g/mol. The van der Waals surface area contributed by atoms with Gasteiger partial charge < -0.3 is 14.4 Å². The molecule has 0 N–H and O–H groups in total. The Morgan fingerprint density at radius 2 is 1.93 bits per heavy atom. The van der Waals surface area contributed by atoms with E-state index in [1.165, 1.54) is 11.0 Å². The molecule has 1 atom stereocenters. The maximum absolute atomic E-state index is 14.1. The van der Waals surface area contributed by atoms with E-state index in [9.17, 15) is 13.6 Å². The van der Waals surface area contributed by atoms with Gasteiger partial charge in [0.05, 0.1) is 4.70 Å². The number of rotatable bonds is 5. The third kappa shape index (κ3) is 4.48. The maximum atomic E-state index is 14.1. The first-order chi connectivity index (χ1) is 13.9. The summed E-state index contributed by atoms with van der Waals surface area (Å²) >= 11 is 1.06. The minimum Gasteiger partial charge on any atom is -0.485 e. The molecule has 0 saturated heterocycles. The molecule has 0 radical (unpaired) electrons. The summed E-state index contributed by atoms with van der Waals surface area (Å²) in [6.07, 6.45) is -0.861. The maximum Gasteiger partial charge on any atom is 0.273 e. The van der Waals surface area contributed by atoms with Gasteiger partial charge in [0.15, 0.2) is 22.4 Å². The summed E-state index contributed by atoms with van der Waals surface area (Å²) in [7, 11) is 3.76. The average molecular weight is 456 g/mol. The van der Waals surface area contributed by atoms with Crippen molar-refractivity contribution in [3.8, 4) is 11.5 Å². The molecule has 0 spiro atoms. The van der Waals surface area contributed by atoms with Crippen molar-refractivity contribution in [1.82, 2.24) is 9.88 Å². The normalized spacial score (nSPS) is 15.2. The molecule has 1 unspecified atom stereocenters. The molecule has 4 rings (SSSR count). The van der Waals surface area contributed by atoms with Gasteiger partial charge in [0.1, 0.15) is 17.9 Å². The standard InChI is InChI=1S/C20H19F2N3O3S.ClH/c1-24(2)7-8-25(20-23-18-13(22)9-12(21)10-17(18)29-20)19(26)16-11-27-14-5-3-4-6-15(14)28-16;/h3-6,9-10,16H,7-8,11H2,1-2H3;1H. The first-order valence-corrected chi connectivity index (χ1v) is 9.84.